The number of hydrogen-bond acceptors (Lipinski definition) is 4. The Morgan fingerprint density at radius 3 is 2.47 bits per heavy atom. The van der Waals surface area contributed by atoms with E-state index < -0.39 is 17.9 Å². The predicted octanol–water partition coefficient (Wildman–Crippen LogP) is 5.05. The van der Waals surface area contributed by atoms with Crippen molar-refractivity contribution in [1.82, 2.24) is 9.55 Å². The molecule has 34 heavy (non-hydrogen) atoms. The number of esters is 1. The minimum atomic E-state index is -1.08. The molecule has 3 aromatic carbocycles. The van der Waals surface area contributed by atoms with Crippen LogP contribution in [0, 0.1) is 5.92 Å². The highest BCUT2D eigenvalue weighted by atomic mass is 35.5. The van der Waals surface area contributed by atoms with Crippen LogP contribution in [0.15, 0.2) is 78.9 Å². The topological polar surface area (TPSA) is 64.4 Å². The number of anilines is 1. The largest absolute Gasteiger partial charge is 0.465 e. The first-order chi connectivity index (χ1) is 16.6. The number of para-hydroxylation sites is 2. The number of carbonyl (C=O) groups is 2. The number of benzene rings is 3. The number of ether oxygens (including phenoxy) is 1. The summed E-state index contributed by atoms with van der Waals surface area (Å²) >= 11 is 6.60. The van der Waals surface area contributed by atoms with Crippen molar-refractivity contribution in [2.45, 2.75) is 19.4 Å². The summed E-state index contributed by atoms with van der Waals surface area (Å²) in [5.41, 5.74) is 3.35. The fourth-order valence-electron chi connectivity index (χ4n) is 4.64. The number of hydrogen-bond donors (Lipinski definition) is 0. The summed E-state index contributed by atoms with van der Waals surface area (Å²) in [6.07, 6.45) is 0.627. The van der Waals surface area contributed by atoms with Crippen LogP contribution in [0.5, 0.6) is 0 Å². The van der Waals surface area contributed by atoms with E-state index in [0.29, 0.717) is 29.5 Å². The van der Waals surface area contributed by atoms with Crippen LogP contribution >= 0.6 is 11.6 Å². The molecule has 0 radical (unpaired) electrons. The van der Waals surface area contributed by atoms with Gasteiger partial charge in [0, 0.05) is 11.6 Å². The summed E-state index contributed by atoms with van der Waals surface area (Å²) in [5.74, 6) is -1.47. The van der Waals surface area contributed by atoms with E-state index >= 15 is 0 Å². The second kappa shape index (κ2) is 9.31. The fourth-order valence-corrected chi connectivity index (χ4v) is 4.89. The first kappa shape index (κ1) is 22.2. The maximum absolute atomic E-state index is 13.9. The van der Waals surface area contributed by atoms with E-state index in [0.717, 1.165) is 16.6 Å². The Labute approximate surface area is 202 Å². The maximum atomic E-state index is 13.9. The van der Waals surface area contributed by atoms with Crippen molar-refractivity contribution in [3.05, 3.63) is 95.0 Å². The summed E-state index contributed by atoms with van der Waals surface area (Å²) in [7, 11) is 0. The third-order valence-electron chi connectivity index (χ3n) is 6.18. The standard InChI is InChI=1S/C27H24ClN3O3/c1-2-34-26(33)23-24(19-12-6-7-13-20(19)28)31-22-15-9-8-14-21(22)29-27(31)30(25(23)32)17-16-18-10-4-3-5-11-18/h3-15,23-24H,2,16-17H2,1H3/t23-,24-/m1/s1. The van der Waals surface area contributed by atoms with Gasteiger partial charge in [0.15, 0.2) is 5.92 Å². The van der Waals surface area contributed by atoms with Crippen LogP contribution in [0.3, 0.4) is 0 Å². The lowest BCUT2D eigenvalue weighted by molar-refractivity contribution is -0.153. The Balaban J connectivity index is 1.70. The molecule has 0 unspecified atom stereocenters. The van der Waals surface area contributed by atoms with Crippen LogP contribution < -0.4 is 4.90 Å². The van der Waals surface area contributed by atoms with Crippen LogP contribution in [0.1, 0.15) is 24.1 Å². The molecule has 2 atom stereocenters. The Morgan fingerprint density at radius 2 is 1.71 bits per heavy atom. The van der Waals surface area contributed by atoms with E-state index in [1.54, 1.807) is 17.9 Å². The van der Waals surface area contributed by atoms with Gasteiger partial charge in [-0.15, -0.1) is 0 Å². The number of amides is 1. The van der Waals surface area contributed by atoms with Gasteiger partial charge in [0.1, 0.15) is 0 Å². The molecule has 4 aromatic rings. The average molecular weight is 474 g/mol. The predicted molar refractivity (Wildman–Crippen MR) is 132 cm³/mol. The van der Waals surface area contributed by atoms with Crippen molar-refractivity contribution in [1.29, 1.82) is 0 Å². The molecule has 5 rings (SSSR count). The normalized spacial score (nSPS) is 17.6. The molecular formula is C27H24ClN3O3. The second-order valence-corrected chi connectivity index (χ2v) is 8.60. The van der Waals surface area contributed by atoms with E-state index in [-0.39, 0.29) is 12.5 Å². The summed E-state index contributed by atoms with van der Waals surface area (Å²) in [5, 5.41) is 0.482. The molecule has 0 saturated heterocycles. The van der Waals surface area contributed by atoms with Crippen molar-refractivity contribution in [2.75, 3.05) is 18.1 Å². The molecule has 172 valence electrons. The molecule has 7 heteroatoms. The molecule has 1 aliphatic rings. The molecule has 1 aromatic heterocycles. The summed E-state index contributed by atoms with van der Waals surface area (Å²) < 4.78 is 7.36. The summed E-state index contributed by atoms with van der Waals surface area (Å²) in [6, 6.07) is 24.3. The van der Waals surface area contributed by atoms with Gasteiger partial charge in [-0.25, -0.2) is 4.98 Å². The molecule has 6 nitrogen and oxygen atoms in total. The van der Waals surface area contributed by atoms with E-state index in [9.17, 15) is 9.59 Å². The first-order valence-corrected chi connectivity index (χ1v) is 11.7. The quantitative estimate of drug-likeness (QED) is 0.290. The van der Waals surface area contributed by atoms with Gasteiger partial charge in [-0.3, -0.25) is 14.5 Å². The molecule has 0 aliphatic carbocycles. The average Bonchev–Trinajstić information content (AvgIpc) is 3.23. The Hall–Kier alpha value is -3.64. The van der Waals surface area contributed by atoms with Gasteiger partial charge in [0.05, 0.1) is 23.7 Å². The van der Waals surface area contributed by atoms with Crippen LogP contribution in [0.25, 0.3) is 11.0 Å². The molecule has 1 aliphatic heterocycles. The Bertz CT molecular complexity index is 1350. The van der Waals surface area contributed by atoms with Gasteiger partial charge in [-0.05, 0) is 42.7 Å². The zero-order valence-electron chi connectivity index (χ0n) is 18.7. The number of carbonyl (C=O) groups excluding carboxylic acids is 2. The number of aromatic nitrogens is 2. The number of imidazole rings is 1. The van der Waals surface area contributed by atoms with Gasteiger partial charge in [0.25, 0.3) is 0 Å². The molecule has 0 fully saturated rings. The van der Waals surface area contributed by atoms with Crippen molar-refractivity contribution in [2.24, 2.45) is 5.92 Å². The molecular weight excluding hydrogens is 450 g/mol. The molecule has 0 spiro atoms. The number of fused-ring (bicyclic) bond motifs is 3. The lowest BCUT2D eigenvalue weighted by atomic mass is 9.89. The van der Waals surface area contributed by atoms with Crippen molar-refractivity contribution in [3.63, 3.8) is 0 Å². The third-order valence-corrected chi connectivity index (χ3v) is 6.52. The van der Waals surface area contributed by atoms with E-state index in [2.05, 4.69) is 0 Å². The molecule has 0 bridgehead atoms. The van der Waals surface area contributed by atoms with Crippen molar-refractivity contribution < 1.29 is 14.3 Å². The Kier molecular flexibility index (Phi) is 6.07. The highest BCUT2D eigenvalue weighted by molar-refractivity contribution is 6.31. The van der Waals surface area contributed by atoms with Crippen LogP contribution in [-0.2, 0) is 20.7 Å². The van der Waals surface area contributed by atoms with Gasteiger partial charge in [-0.2, -0.15) is 0 Å². The van der Waals surface area contributed by atoms with Gasteiger partial charge < -0.3 is 9.30 Å². The van der Waals surface area contributed by atoms with E-state index in [4.69, 9.17) is 21.3 Å². The Morgan fingerprint density at radius 1 is 1.00 bits per heavy atom. The van der Waals surface area contributed by atoms with Crippen molar-refractivity contribution in [3.8, 4) is 0 Å². The minimum absolute atomic E-state index is 0.180. The zero-order valence-corrected chi connectivity index (χ0v) is 19.5. The van der Waals surface area contributed by atoms with Crippen LogP contribution in [0.2, 0.25) is 5.02 Å². The number of rotatable bonds is 6. The molecule has 0 saturated carbocycles. The van der Waals surface area contributed by atoms with E-state index in [1.165, 1.54) is 0 Å². The van der Waals surface area contributed by atoms with Gasteiger partial charge in [-0.1, -0.05) is 72.3 Å². The molecule has 0 N–H and O–H groups in total. The fraction of sp³-hybridized carbons (Fsp3) is 0.222. The van der Waals surface area contributed by atoms with E-state index in [1.807, 2.05) is 77.4 Å². The highest BCUT2D eigenvalue weighted by Gasteiger charge is 2.48. The van der Waals surface area contributed by atoms with Gasteiger partial charge in [0.2, 0.25) is 11.9 Å². The SMILES string of the molecule is CCOC(=O)[C@H]1C(=O)N(CCc2ccccc2)c2nc3ccccc3n2[C@@H]1c1ccccc1Cl. The van der Waals surface area contributed by atoms with Crippen molar-refractivity contribution >= 4 is 40.5 Å². The summed E-state index contributed by atoms with van der Waals surface area (Å²) in [4.78, 5) is 33.6. The second-order valence-electron chi connectivity index (χ2n) is 8.19. The monoisotopic (exact) mass is 473 g/mol. The van der Waals surface area contributed by atoms with Crippen LogP contribution in [-0.4, -0.2) is 34.6 Å². The number of nitrogens with zero attached hydrogens (tertiary/aromatic N) is 3. The lowest BCUT2D eigenvalue weighted by Gasteiger charge is -2.38. The zero-order chi connectivity index (χ0) is 23.7. The highest BCUT2D eigenvalue weighted by Crippen LogP contribution is 2.43. The minimum Gasteiger partial charge on any atom is -0.465 e. The molecule has 2 heterocycles. The first-order valence-electron chi connectivity index (χ1n) is 11.3. The smallest absolute Gasteiger partial charge is 0.321 e. The molecule has 1 amide bonds. The number of halogens is 1. The lowest BCUT2D eigenvalue weighted by Crippen LogP contribution is -2.50. The van der Waals surface area contributed by atoms with Gasteiger partial charge >= 0.3 is 5.97 Å². The summed E-state index contributed by atoms with van der Waals surface area (Å²) in [6.45, 7) is 2.30. The maximum Gasteiger partial charge on any atom is 0.321 e. The third kappa shape index (κ3) is 3.84. The van der Waals surface area contributed by atoms with Crippen LogP contribution in [0.4, 0.5) is 5.95 Å².